The van der Waals surface area contributed by atoms with Gasteiger partial charge in [-0.15, -0.1) is 0 Å². The van der Waals surface area contributed by atoms with Crippen LogP contribution in [0.1, 0.15) is 53.5 Å². The Morgan fingerprint density at radius 1 is 1.11 bits per heavy atom. The van der Waals surface area contributed by atoms with Gasteiger partial charge in [-0.25, -0.2) is 0 Å². The highest BCUT2D eigenvalue weighted by atomic mass is 16.5. The molecule has 1 aliphatic carbocycles. The molecular formula is C24H29NO3. The van der Waals surface area contributed by atoms with E-state index >= 15 is 0 Å². The summed E-state index contributed by atoms with van der Waals surface area (Å²) in [6, 6.07) is 10.3. The second-order valence-electron chi connectivity index (χ2n) is 7.66. The van der Waals surface area contributed by atoms with Gasteiger partial charge < -0.3 is 15.6 Å². The molecule has 4 nitrogen and oxygen atoms in total. The van der Waals surface area contributed by atoms with Gasteiger partial charge in [0.05, 0.1) is 0 Å². The third-order valence-corrected chi connectivity index (χ3v) is 5.82. The number of carboxylic acids is 1. The van der Waals surface area contributed by atoms with Gasteiger partial charge in [0.25, 0.3) is 0 Å². The lowest BCUT2D eigenvalue weighted by atomic mass is 9.98. The molecule has 0 amide bonds. The minimum Gasteiger partial charge on any atom is -0.489 e. The lowest BCUT2D eigenvalue weighted by Crippen LogP contribution is -2.05. The van der Waals surface area contributed by atoms with Gasteiger partial charge in [0.2, 0.25) is 0 Å². The van der Waals surface area contributed by atoms with Crippen LogP contribution in [0.25, 0.3) is 5.57 Å². The number of hydrogen-bond donors (Lipinski definition) is 2. The topological polar surface area (TPSA) is 72.5 Å². The quantitative estimate of drug-likeness (QED) is 0.646. The molecule has 148 valence electrons. The summed E-state index contributed by atoms with van der Waals surface area (Å²) in [6.07, 6.45) is 3.96. The molecular weight excluding hydrogens is 350 g/mol. The summed E-state index contributed by atoms with van der Waals surface area (Å²) in [5.41, 5.74) is 15.2. The number of allylic oxidation sites excluding steroid dienone is 1. The second kappa shape index (κ2) is 8.51. The van der Waals surface area contributed by atoms with Crippen molar-refractivity contribution < 1.29 is 14.6 Å². The number of carboxylic acid groups (broad SMARTS) is 1. The number of benzene rings is 2. The molecule has 0 saturated heterocycles. The van der Waals surface area contributed by atoms with Crippen molar-refractivity contribution >= 4 is 17.2 Å². The maximum Gasteiger partial charge on any atom is 0.303 e. The average molecular weight is 380 g/mol. The summed E-state index contributed by atoms with van der Waals surface area (Å²) < 4.78 is 6.18. The van der Waals surface area contributed by atoms with Crippen LogP contribution in [0.5, 0.6) is 5.75 Å². The van der Waals surface area contributed by atoms with E-state index in [1.54, 1.807) is 0 Å². The Kier molecular flexibility index (Phi) is 6.08. The molecule has 0 aliphatic heterocycles. The molecule has 0 aromatic heterocycles. The van der Waals surface area contributed by atoms with Crippen molar-refractivity contribution in [2.45, 2.75) is 52.9 Å². The summed E-state index contributed by atoms with van der Waals surface area (Å²) in [5.74, 6) is 0.105. The number of aryl methyl sites for hydroxylation is 2. The monoisotopic (exact) mass is 379 g/mol. The Hall–Kier alpha value is -2.75. The average Bonchev–Trinajstić information content (AvgIpc) is 3.13. The minimum absolute atomic E-state index is 0.149. The maximum absolute atomic E-state index is 10.8. The fraction of sp³-hybridized carbons (Fsp3) is 0.375. The van der Waals surface area contributed by atoms with Crippen LogP contribution in [0.4, 0.5) is 5.69 Å². The molecule has 0 radical (unpaired) electrons. The first-order chi connectivity index (χ1) is 13.4. The summed E-state index contributed by atoms with van der Waals surface area (Å²) >= 11 is 0. The fourth-order valence-electron chi connectivity index (χ4n) is 3.83. The molecule has 0 saturated carbocycles. The zero-order valence-electron chi connectivity index (χ0n) is 17.0. The number of ether oxygens (including phenoxy) is 1. The highest BCUT2D eigenvalue weighted by molar-refractivity contribution is 5.73. The van der Waals surface area contributed by atoms with E-state index in [2.05, 4.69) is 18.2 Å². The molecule has 4 heteroatoms. The number of carbonyl (C=O) groups is 1. The molecule has 1 aliphatic rings. The van der Waals surface area contributed by atoms with Gasteiger partial charge in [-0.2, -0.15) is 0 Å². The van der Waals surface area contributed by atoms with E-state index in [1.165, 1.54) is 16.7 Å². The van der Waals surface area contributed by atoms with Crippen molar-refractivity contribution in [2.24, 2.45) is 0 Å². The van der Waals surface area contributed by atoms with Crippen LogP contribution in [0, 0.1) is 20.8 Å². The first-order valence-electron chi connectivity index (χ1n) is 9.88. The van der Waals surface area contributed by atoms with Crippen molar-refractivity contribution in [3.8, 4) is 5.75 Å². The zero-order valence-corrected chi connectivity index (χ0v) is 17.0. The van der Waals surface area contributed by atoms with E-state index in [-0.39, 0.29) is 6.42 Å². The van der Waals surface area contributed by atoms with Crippen molar-refractivity contribution in [3.05, 3.63) is 63.7 Å². The molecule has 0 atom stereocenters. The molecule has 0 fully saturated rings. The minimum atomic E-state index is -0.769. The van der Waals surface area contributed by atoms with Crippen molar-refractivity contribution in [2.75, 3.05) is 12.3 Å². The largest absolute Gasteiger partial charge is 0.489 e. The van der Waals surface area contributed by atoms with Gasteiger partial charge in [-0.1, -0.05) is 18.2 Å². The molecule has 0 bridgehead atoms. The third kappa shape index (κ3) is 4.38. The lowest BCUT2D eigenvalue weighted by Gasteiger charge is -2.16. The summed E-state index contributed by atoms with van der Waals surface area (Å²) in [7, 11) is 0. The van der Waals surface area contributed by atoms with Crippen LogP contribution in [0.3, 0.4) is 0 Å². The molecule has 0 heterocycles. The third-order valence-electron chi connectivity index (χ3n) is 5.82. The number of hydrogen-bond acceptors (Lipinski definition) is 3. The van der Waals surface area contributed by atoms with Gasteiger partial charge in [0, 0.05) is 12.1 Å². The van der Waals surface area contributed by atoms with Gasteiger partial charge in [-0.05, 0) is 97.6 Å². The number of aliphatic carboxylic acids is 1. The highest BCUT2D eigenvalue weighted by Crippen LogP contribution is 2.36. The van der Waals surface area contributed by atoms with E-state index in [0.29, 0.717) is 13.0 Å². The standard InChI is InChI=1S/C24H29NO3/c1-15-7-8-19(13-22(15)25)21-6-4-5-20(21)14-28-23-11-9-18(10-12-24(26)27)16(2)17(23)3/h7-9,11,13H,4-6,10,12,14,25H2,1-3H3,(H,26,27). The predicted molar refractivity (Wildman–Crippen MR) is 114 cm³/mol. The summed E-state index contributed by atoms with van der Waals surface area (Å²) in [4.78, 5) is 10.8. The molecule has 2 aromatic rings. The van der Waals surface area contributed by atoms with Gasteiger partial charge in [-0.3, -0.25) is 4.79 Å². The first-order valence-corrected chi connectivity index (χ1v) is 9.88. The molecule has 28 heavy (non-hydrogen) atoms. The van der Waals surface area contributed by atoms with Crippen LogP contribution in [-0.4, -0.2) is 17.7 Å². The Labute approximate surface area is 167 Å². The lowest BCUT2D eigenvalue weighted by molar-refractivity contribution is -0.136. The van der Waals surface area contributed by atoms with Gasteiger partial charge in [0.15, 0.2) is 0 Å². The van der Waals surface area contributed by atoms with Crippen molar-refractivity contribution in [1.29, 1.82) is 0 Å². The zero-order chi connectivity index (χ0) is 20.3. The number of anilines is 1. The predicted octanol–water partition coefficient (Wildman–Crippen LogP) is 5.23. The molecule has 0 spiro atoms. The van der Waals surface area contributed by atoms with Crippen LogP contribution in [0.2, 0.25) is 0 Å². The Balaban J connectivity index is 1.76. The van der Waals surface area contributed by atoms with Crippen LogP contribution in [-0.2, 0) is 11.2 Å². The number of nitrogens with two attached hydrogens (primary N) is 1. The SMILES string of the molecule is Cc1ccc(C2=C(COc3ccc(CCC(=O)O)c(C)c3C)CCC2)cc1N. The smallest absolute Gasteiger partial charge is 0.303 e. The molecule has 3 rings (SSSR count). The van der Waals surface area contributed by atoms with E-state index in [0.717, 1.165) is 53.0 Å². The molecule has 0 unspecified atom stereocenters. The van der Waals surface area contributed by atoms with Crippen LogP contribution in [0.15, 0.2) is 35.9 Å². The second-order valence-corrected chi connectivity index (χ2v) is 7.66. The van der Waals surface area contributed by atoms with Crippen LogP contribution < -0.4 is 10.5 Å². The number of rotatable bonds is 7. The van der Waals surface area contributed by atoms with E-state index < -0.39 is 5.97 Å². The Bertz CT molecular complexity index is 928. The van der Waals surface area contributed by atoms with Crippen LogP contribution >= 0.6 is 0 Å². The van der Waals surface area contributed by atoms with Gasteiger partial charge in [0.1, 0.15) is 12.4 Å². The highest BCUT2D eigenvalue weighted by Gasteiger charge is 2.18. The van der Waals surface area contributed by atoms with E-state index in [9.17, 15) is 4.79 Å². The van der Waals surface area contributed by atoms with Gasteiger partial charge >= 0.3 is 5.97 Å². The normalized spacial score (nSPS) is 13.8. The van der Waals surface area contributed by atoms with E-state index in [4.69, 9.17) is 15.6 Å². The summed E-state index contributed by atoms with van der Waals surface area (Å²) in [5, 5.41) is 8.91. The van der Waals surface area contributed by atoms with Crippen molar-refractivity contribution in [3.63, 3.8) is 0 Å². The number of nitrogen functional groups attached to an aromatic ring is 1. The Morgan fingerprint density at radius 3 is 2.61 bits per heavy atom. The summed E-state index contributed by atoms with van der Waals surface area (Å²) in [6.45, 7) is 6.68. The molecule has 2 aromatic carbocycles. The first kappa shape index (κ1) is 20.0. The van der Waals surface area contributed by atoms with E-state index in [1.807, 2.05) is 32.9 Å². The Morgan fingerprint density at radius 2 is 1.89 bits per heavy atom. The molecule has 3 N–H and O–H groups in total. The fourth-order valence-corrected chi connectivity index (χ4v) is 3.83. The van der Waals surface area contributed by atoms with Crippen molar-refractivity contribution in [1.82, 2.24) is 0 Å². The maximum atomic E-state index is 10.8.